The molecular formula is C14H14N2O3. The quantitative estimate of drug-likeness (QED) is 0.832. The van der Waals surface area contributed by atoms with Gasteiger partial charge in [-0.15, -0.1) is 0 Å². The average molecular weight is 258 g/mol. The number of benzene rings is 1. The summed E-state index contributed by atoms with van der Waals surface area (Å²) in [6.07, 6.45) is 1.82. The highest BCUT2D eigenvalue weighted by Gasteiger charge is 2.16. The van der Waals surface area contributed by atoms with Crippen molar-refractivity contribution < 1.29 is 9.53 Å². The van der Waals surface area contributed by atoms with Crippen molar-refractivity contribution in [1.29, 1.82) is 0 Å². The molecule has 5 heteroatoms. The van der Waals surface area contributed by atoms with Gasteiger partial charge in [-0.05, 0) is 31.5 Å². The molecule has 1 aliphatic rings. The standard InChI is InChI=1S/C14H14N2O3/c1-9(17)8-19-10-4-5-12-11(7-10)14(18)16-6-2-3-13(16)15-12/h4-5,7H,2-3,6,8H2,1H3. The molecule has 0 aliphatic carbocycles. The van der Waals surface area contributed by atoms with Gasteiger partial charge in [0.05, 0.1) is 10.9 Å². The minimum Gasteiger partial charge on any atom is -0.486 e. The van der Waals surface area contributed by atoms with E-state index < -0.39 is 0 Å². The predicted octanol–water partition coefficient (Wildman–Crippen LogP) is 1.31. The smallest absolute Gasteiger partial charge is 0.261 e. The van der Waals surface area contributed by atoms with E-state index in [9.17, 15) is 9.59 Å². The SMILES string of the molecule is CC(=O)COc1ccc2nc3n(c(=O)c2c1)CCC3. The van der Waals surface area contributed by atoms with Crippen LogP contribution in [0.5, 0.6) is 5.75 Å². The topological polar surface area (TPSA) is 61.2 Å². The van der Waals surface area contributed by atoms with E-state index in [2.05, 4.69) is 4.98 Å². The van der Waals surface area contributed by atoms with Crippen LogP contribution in [0.3, 0.4) is 0 Å². The number of carbonyl (C=O) groups is 1. The summed E-state index contributed by atoms with van der Waals surface area (Å²) >= 11 is 0. The van der Waals surface area contributed by atoms with Crippen molar-refractivity contribution in [3.8, 4) is 5.75 Å². The van der Waals surface area contributed by atoms with Crippen LogP contribution in [0.2, 0.25) is 0 Å². The van der Waals surface area contributed by atoms with Gasteiger partial charge in [-0.1, -0.05) is 0 Å². The highest BCUT2D eigenvalue weighted by atomic mass is 16.5. The number of ether oxygens (including phenoxy) is 1. The van der Waals surface area contributed by atoms with Crippen LogP contribution in [-0.2, 0) is 17.8 Å². The Balaban J connectivity index is 2.07. The third-order valence-electron chi connectivity index (χ3n) is 3.23. The van der Waals surface area contributed by atoms with Crippen LogP contribution in [0.1, 0.15) is 19.2 Å². The summed E-state index contributed by atoms with van der Waals surface area (Å²) in [5, 5.41) is 0.548. The van der Waals surface area contributed by atoms with E-state index in [0.29, 0.717) is 16.7 Å². The number of aryl methyl sites for hydroxylation is 1. The van der Waals surface area contributed by atoms with Crippen LogP contribution < -0.4 is 10.3 Å². The van der Waals surface area contributed by atoms with E-state index in [1.54, 1.807) is 22.8 Å². The number of hydrogen-bond donors (Lipinski definition) is 0. The number of carbonyl (C=O) groups excluding carboxylic acids is 1. The molecule has 0 fully saturated rings. The Morgan fingerprint density at radius 2 is 2.32 bits per heavy atom. The Morgan fingerprint density at radius 3 is 3.11 bits per heavy atom. The maximum Gasteiger partial charge on any atom is 0.261 e. The van der Waals surface area contributed by atoms with Gasteiger partial charge in [0.15, 0.2) is 5.78 Å². The van der Waals surface area contributed by atoms with E-state index in [4.69, 9.17) is 4.74 Å². The number of rotatable bonds is 3. The summed E-state index contributed by atoms with van der Waals surface area (Å²) in [5.41, 5.74) is 0.666. The lowest BCUT2D eigenvalue weighted by atomic mass is 10.2. The monoisotopic (exact) mass is 258 g/mol. The molecule has 0 spiro atoms. The molecular weight excluding hydrogens is 244 g/mol. The molecule has 0 N–H and O–H groups in total. The minimum absolute atomic E-state index is 0.0191. The Bertz CT molecular complexity index is 718. The molecule has 98 valence electrons. The first-order valence-electron chi connectivity index (χ1n) is 6.31. The van der Waals surface area contributed by atoms with E-state index >= 15 is 0 Å². The summed E-state index contributed by atoms with van der Waals surface area (Å²) in [6, 6.07) is 5.17. The van der Waals surface area contributed by atoms with Gasteiger partial charge >= 0.3 is 0 Å². The molecule has 5 nitrogen and oxygen atoms in total. The van der Waals surface area contributed by atoms with Crippen LogP contribution in [0.25, 0.3) is 10.9 Å². The van der Waals surface area contributed by atoms with Crippen molar-refractivity contribution in [1.82, 2.24) is 9.55 Å². The largest absolute Gasteiger partial charge is 0.486 e. The Morgan fingerprint density at radius 1 is 1.47 bits per heavy atom. The molecule has 0 radical (unpaired) electrons. The van der Waals surface area contributed by atoms with Gasteiger partial charge in [0.1, 0.15) is 18.2 Å². The summed E-state index contributed by atoms with van der Waals surface area (Å²) in [6.45, 7) is 2.21. The van der Waals surface area contributed by atoms with E-state index in [0.717, 1.165) is 25.2 Å². The fraction of sp³-hybridized carbons (Fsp3) is 0.357. The summed E-state index contributed by atoms with van der Waals surface area (Å²) in [5.74, 6) is 1.33. The lowest BCUT2D eigenvalue weighted by Gasteiger charge is -2.07. The number of Topliss-reactive ketones (excluding diaryl/α,β-unsaturated/α-hetero) is 1. The highest BCUT2D eigenvalue weighted by Crippen LogP contribution is 2.19. The average Bonchev–Trinajstić information content (AvgIpc) is 2.85. The van der Waals surface area contributed by atoms with Gasteiger partial charge in [0, 0.05) is 13.0 Å². The molecule has 0 atom stereocenters. The Labute approximate surface area is 109 Å². The van der Waals surface area contributed by atoms with Crippen molar-refractivity contribution in [3.63, 3.8) is 0 Å². The summed E-state index contributed by atoms with van der Waals surface area (Å²) in [7, 11) is 0. The number of nitrogens with zero attached hydrogens (tertiary/aromatic N) is 2. The molecule has 3 rings (SSSR count). The lowest BCUT2D eigenvalue weighted by molar-refractivity contribution is -0.118. The first kappa shape index (κ1) is 11.9. The van der Waals surface area contributed by atoms with Gasteiger partial charge in [-0.3, -0.25) is 14.2 Å². The molecule has 2 heterocycles. The Hall–Kier alpha value is -2.17. The lowest BCUT2D eigenvalue weighted by Crippen LogP contribution is -2.20. The number of hydrogen-bond acceptors (Lipinski definition) is 4. The van der Waals surface area contributed by atoms with E-state index in [-0.39, 0.29) is 17.9 Å². The molecule has 0 amide bonds. The van der Waals surface area contributed by atoms with Crippen LogP contribution in [0, 0.1) is 0 Å². The van der Waals surface area contributed by atoms with Gasteiger partial charge in [-0.2, -0.15) is 0 Å². The highest BCUT2D eigenvalue weighted by molar-refractivity contribution is 5.80. The van der Waals surface area contributed by atoms with Gasteiger partial charge in [-0.25, -0.2) is 4.98 Å². The number of ketones is 1. The van der Waals surface area contributed by atoms with E-state index in [1.165, 1.54) is 6.92 Å². The first-order chi connectivity index (χ1) is 9.15. The molecule has 1 aliphatic heterocycles. The molecule has 2 aromatic rings. The maximum atomic E-state index is 12.3. The van der Waals surface area contributed by atoms with Crippen molar-refractivity contribution in [2.75, 3.05) is 6.61 Å². The zero-order chi connectivity index (χ0) is 13.4. The second-order valence-electron chi connectivity index (χ2n) is 4.76. The number of fused-ring (bicyclic) bond motifs is 2. The summed E-state index contributed by atoms with van der Waals surface area (Å²) < 4.78 is 7.04. The van der Waals surface area contributed by atoms with E-state index in [1.807, 2.05) is 0 Å². The third-order valence-corrected chi connectivity index (χ3v) is 3.23. The molecule has 0 saturated carbocycles. The third kappa shape index (κ3) is 2.12. The van der Waals surface area contributed by atoms with Crippen LogP contribution in [-0.4, -0.2) is 21.9 Å². The van der Waals surface area contributed by atoms with Crippen molar-refractivity contribution in [2.24, 2.45) is 0 Å². The van der Waals surface area contributed by atoms with Gasteiger partial charge < -0.3 is 4.74 Å². The van der Waals surface area contributed by atoms with Crippen LogP contribution in [0.4, 0.5) is 0 Å². The molecule has 1 aromatic heterocycles. The first-order valence-corrected chi connectivity index (χ1v) is 6.31. The number of aromatic nitrogens is 2. The minimum atomic E-state index is -0.0519. The summed E-state index contributed by atoms with van der Waals surface area (Å²) in [4.78, 5) is 27.7. The van der Waals surface area contributed by atoms with Crippen molar-refractivity contribution in [3.05, 3.63) is 34.4 Å². The second-order valence-corrected chi connectivity index (χ2v) is 4.76. The molecule has 0 saturated heterocycles. The fourth-order valence-electron chi connectivity index (χ4n) is 2.34. The van der Waals surface area contributed by atoms with Crippen LogP contribution in [0.15, 0.2) is 23.0 Å². The normalized spacial score (nSPS) is 13.5. The van der Waals surface area contributed by atoms with Crippen LogP contribution >= 0.6 is 0 Å². The van der Waals surface area contributed by atoms with Crippen molar-refractivity contribution in [2.45, 2.75) is 26.3 Å². The maximum absolute atomic E-state index is 12.3. The van der Waals surface area contributed by atoms with Crippen molar-refractivity contribution >= 4 is 16.7 Å². The Kier molecular flexibility index (Phi) is 2.81. The predicted molar refractivity (Wildman–Crippen MR) is 70.5 cm³/mol. The van der Waals surface area contributed by atoms with Gasteiger partial charge in [0.25, 0.3) is 5.56 Å². The molecule has 1 aromatic carbocycles. The fourth-order valence-corrected chi connectivity index (χ4v) is 2.34. The second kappa shape index (κ2) is 4.50. The zero-order valence-electron chi connectivity index (χ0n) is 10.7. The molecule has 0 unspecified atom stereocenters. The zero-order valence-corrected chi connectivity index (χ0v) is 10.7. The molecule has 0 bridgehead atoms. The molecule has 19 heavy (non-hydrogen) atoms. The van der Waals surface area contributed by atoms with Gasteiger partial charge in [0.2, 0.25) is 0 Å².